The maximum Gasteiger partial charge on any atom is 0.269 e. The number of nitro benzene ring substituents is 1. The molecular weight excluding hydrogens is 268 g/mol. The standard InChI is InChI=1S/C13H17ClN2O3/c14-13-5-4-11(16(18)19)6-9(13)8-15-10-2-1-3-12(17)7-10/h4-6,10,12,15,17H,1-3,7-8H2. The molecule has 5 nitrogen and oxygen atoms in total. The summed E-state index contributed by atoms with van der Waals surface area (Å²) < 4.78 is 0. The Balaban J connectivity index is 1.98. The van der Waals surface area contributed by atoms with Crippen molar-refractivity contribution < 1.29 is 10.0 Å². The number of nitro groups is 1. The Bertz CT molecular complexity index is 467. The number of nitrogens with one attached hydrogen (secondary N) is 1. The Morgan fingerprint density at radius 2 is 2.26 bits per heavy atom. The lowest BCUT2D eigenvalue weighted by molar-refractivity contribution is -0.384. The molecule has 6 heteroatoms. The number of rotatable bonds is 4. The molecule has 1 aliphatic rings. The van der Waals surface area contributed by atoms with Crippen LogP contribution in [0.5, 0.6) is 0 Å². The van der Waals surface area contributed by atoms with Gasteiger partial charge in [-0.25, -0.2) is 0 Å². The largest absolute Gasteiger partial charge is 0.393 e. The number of benzene rings is 1. The molecule has 1 fully saturated rings. The summed E-state index contributed by atoms with van der Waals surface area (Å²) in [6.45, 7) is 0.484. The summed E-state index contributed by atoms with van der Waals surface area (Å²) in [6, 6.07) is 4.69. The molecule has 0 saturated heterocycles. The van der Waals surface area contributed by atoms with E-state index in [1.807, 2.05) is 0 Å². The minimum atomic E-state index is -0.426. The Morgan fingerprint density at radius 1 is 1.47 bits per heavy atom. The van der Waals surface area contributed by atoms with Crippen molar-refractivity contribution in [1.82, 2.24) is 5.32 Å². The summed E-state index contributed by atoms with van der Waals surface area (Å²) in [6.07, 6.45) is 3.36. The van der Waals surface area contributed by atoms with Crippen molar-refractivity contribution in [3.63, 3.8) is 0 Å². The third kappa shape index (κ3) is 3.89. The molecule has 2 rings (SSSR count). The predicted octanol–water partition coefficient (Wildman–Crippen LogP) is 2.64. The zero-order valence-electron chi connectivity index (χ0n) is 10.5. The van der Waals surface area contributed by atoms with Gasteiger partial charge in [-0.1, -0.05) is 11.6 Å². The van der Waals surface area contributed by atoms with Gasteiger partial charge in [-0.05, 0) is 37.3 Å². The monoisotopic (exact) mass is 284 g/mol. The summed E-state index contributed by atoms with van der Waals surface area (Å²) in [5.41, 5.74) is 0.765. The Kier molecular flexibility index (Phi) is 4.74. The average molecular weight is 285 g/mol. The van der Waals surface area contributed by atoms with E-state index in [9.17, 15) is 15.2 Å². The van der Waals surface area contributed by atoms with Crippen LogP contribution in [0.2, 0.25) is 5.02 Å². The number of hydrogen-bond donors (Lipinski definition) is 2. The second-order valence-electron chi connectivity index (χ2n) is 4.93. The molecule has 0 bridgehead atoms. The van der Waals surface area contributed by atoms with Crippen LogP contribution in [0.4, 0.5) is 5.69 Å². The zero-order chi connectivity index (χ0) is 13.8. The highest BCUT2D eigenvalue weighted by Crippen LogP contribution is 2.23. The molecule has 2 atom stereocenters. The Hall–Kier alpha value is -1.17. The van der Waals surface area contributed by atoms with E-state index in [2.05, 4.69) is 5.32 Å². The van der Waals surface area contributed by atoms with Crippen LogP contribution in [0.25, 0.3) is 0 Å². The summed E-state index contributed by atoms with van der Waals surface area (Å²) in [7, 11) is 0. The van der Waals surface area contributed by atoms with Gasteiger partial charge in [0.2, 0.25) is 0 Å². The van der Waals surface area contributed by atoms with Crippen LogP contribution in [-0.2, 0) is 6.54 Å². The third-order valence-corrected chi connectivity index (χ3v) is 3.84. The van der Waals surface area contributed by atoms with Crippen molar-refractivity contribution in [3.05, 3.63) is 38.9 Å². The van der Waals surface area contributed by atoms with Gasteiger partial charge in [-0.2, -0.15) is 0 Å². The van der Waals surface area contributed by atoms with Crippen LogP contribution in [0.1, 0.15) is 31.2 Å². The van der Waals surface area contributed by atoms with Gasteiger partial charge in [0.15, 0.2) is 0 Å². The van der Waals surface area contributed by atoms with Crippen LogP contribution in [0.15, 0.2) is 18.2 Å². The smallest absolute Gasteiger partial charge is 0.269 e. The molecular formula is C13H17ClN2O3. The molecule has 1 aromatic carbocycles. The fourth-order valence-electron chi connectivity index (χ4n) is 2.41. The van der Waals surface area contributed by atoms with E-state index < -0.39 is 4.92 Å². The normalized spacial score (nSPS) is 23.3. The van der Waals surface area contributed by atoms with Crippen LogP contribution in [-0.4, -0.2) is 22.2 Å². The number of halogens is 1. The van der Waals surface area contributed by atoms with Gasteiger partial charge in [0.05, 0.1) is 11.0 Å². The maximum absolute atomic E-state index is 10.7. The predicted molar refractivity (Wildman–Crippen MR) is 73.2 cm³/mol. The lowest BCUT2D eigenvalue weighted by Gasteiger charge is -2.26. The summed E-state index contributed by atoms with van der Waals surface area (Å²) in [5.74, 6) is 0. The van der Waals surface area contributed by atoms with E-state index >= 15 is 0 Å². The van der Waals surface area contributed by atoms with E-state index in [4.69, 9.17) is 11.6 Å². The topological polar surface area (TPSA) is 75.4 Å². The zero-order valence-corrected chi connectivity index (χ0v) is 11.3. The van der Waals surface area contributed by atoms with E-state index in [1.165, 1.54) is 12.1 Å². The third-order valence-electron chi connectivity index (χ3n) is 3.47. The summed E-state index contributed by atoms with van der Waals surface area (Å²) in [4.78, 5) is 10.3. The first kappa shape index (κ1) is 14.2. The van der Waals surface area contributed by atoms with Crippen molar-refractivity contribution in [2.45, 2.75) is 44.4 Å². The van der Waals surface area contributed by atoms with Gasteiger partial charge in [0.1, 0.15) is 0 Å². The second-order valence-corrected chi connectivity index (χ2v) is 5.34. The van der Waals surface area contributed by atoms with Gasteiger partial charge < -0.3 is 10.4 Å². The molecule has 0 heterocycles. The van der Waals surface area contributed by atoms with Gasteiger partial charge in [0, 0.05) is 29.7 Å². The summed E-state index contributed by atoms with van der Waals surface area (Å²) in [5, 5.41) is 24.1. The molecule has 1 saturated carbocycles. The SMILES string of the molecule is O=[N+]([O-])c1ccc(Cl)c(CNC2CCCC(O)C2)c1. The molecule has 19 heavy (non-hydrogen) atoms. The molecule has 1 aromatic rings. The number of hydrogen-bond acceptors (Lipinski definition) is 4. The van der Waals surface area contributed by atoms with Gasteiger partial charge in [-0.15, -0.1) is 0 Å². The van der Waals surface area contributed by atoms with Crippen LogP contribution >= 0.6 is 11.6 Å². The van der Waals surface area contributed by atoms with E-state index in [-0.39, 0.29) is 17.8 Å². The number of non-ortho nitro benzene ring substituents is 1. The van der Waals surface area contributed by atoms with E-state index in [1.54, 1.807) is 6.07 Å². The molecule has 104 valence electrons. The number of aliphatic hydroxyl groups excluding tert-OH is 1. The Morgan fingerprint density at radius 3 is 2.95 bits per heavy atom. The minimum Gasteiger partial charge on any atom is -0.393 e. The van der Waals surface area contributed by atoms with Gasteiger partial charge in [-0.3, -0.25) is 10.1 Å². The molecule has 1 aliphatic carbocycles. The molecule has 0 aliphatic heterocycles. The van der Waals surface area contributed by atoms with Crippen molar-refractivity contribution in [2.24, 2.45) is 0 Å². The van der Waals surface area contributed by atoms with E-state index in [0.717, 1.165) is 31.2 Å². The Labute approximate surface area is 116 Å². The fraction of sp³-hybridized carbons (Fsp3) is 0.538. The lowest BCUT2D eigenvalue weighted by atomic mass is 9.93. The number of aliphatic hydroxyl groups is 1. The van der Waals surface area contributed by atoms with Crippen LogP contribution in [0.3, 0.4) is 0 Å². The highest BCUT2D eigenvalue weighted by Gasteiger charge is 2.20. The highest BCUT2D eigenvalue weighted by atomic mass is 35.5. The van der Waals surface area contributed by atoms with Gasteiger partial charge >= 0.3 is 0 Å². The maximum atomic E-state index is 10.7. The minimum absolute atomic E-state index is 0.0462. The highest BCUT2D eigenvalue weighted by molar-refractivity contribution is 6.31. The number of nitrogens with zero attached hydrogens (tertiary/aromatic N) is 1. The quantitative estimate of drug-likeness (QED) is 0.658. The first-order valence-electron chi connectivity index (χ1n) is 6.40. The van der Waals surface area contributed by atoms with Crippen molar-refractivity contribution >= 4 is 17.3 Å². The molecule has 0 aromatic heterocycles. The fourth-order valence-corrected chi connectivity index (χ4v) is 2.60. The molecule has 2 N–H and O–H groups in total. The van der Waals surface area contributed by atoms with Crippen molar-refractivity contribution in [1.29, 1.82) is 0 Å². The van der Waals surface area contributed by atoms with Crippen molar-refractivity contribution in [3.8, 4) is 0 Å². The average Bonchev–Trinajstić information content (AvgIpc) is 2.37. The van der Waals surface area contributed by atoms with Crippen LogP contribution < -0.4 is 5.32 Å². The summed E-state index contributed by atoms with van der Waals surface area (Å²) >= 11 is 6.04. The second kappa shape index (κ2) is 6.32. The first-order valence-corrected chi connectivity index (χ1v) is 6.78. The first-order chi connectivity index (χ1) is 9.06. The van der Waals surface area contributed by atoms with Gasteiger partial charge in [0.25, 0.3) is 5.69 Å². The molecule has 0 amide bonds. The molecule has 0 spiro atoms. The lowest BCUT2D eigenvalue weighted by Crippen LogP contribution is -2.35. The van der Waals surface area contributed by atoms with Crippen LogP contribution in [0, 0.1) is 10.1 Å². The van der Waals surface area contributed by atoms with Crippen molar-refractivity contribution in [2.75, 3.05) is 0 Å². The molecule has 0 radical (unpaired) electrons. The van der Waals surface area contributed by atoms with E-state index in [0.29, 0.717) is 11.6 Å². The molecule has 2 unspecified atom stereocenters.